The predicted octanol–water partition coefficient (Wildman–Crippen LogP) is 2.45. The first-order valence-electron chi connectivity index (χ1n) is 9.18. The topological polar surface area (TPSA) is 52.6 Å². The van der Waals surface area contributed by atoms with Gasteiger partial charge in [-0.2, -0.15) is 0 Å². The summed E-state index contributed by atoms with van der Waals surface area (Å²) in [6.07, 6.45) is 4.22. The summed E-state index contributed by atoms with van der Waals surface area (Å²) in [7, 11) is -1.35. The molecule has 0 aliphatic carbocycles. The first-order chi connectivity index (χ1) is 12.4. The number of halogens is 1. The Kier molecular flexibility index (Phi) is 6.41. The Hall–Kier alpha value is -0.920. The minimum Gasteiger partial charge on any atom is -0.302 e. The van der Waals surface area contributed by atoms with Crippen LogP contribution in [0.4, 0.5) is 0 Å². The summed E-state index contributed by atoms with van der Waals surface area (Å²) in [5.41, 5.74) is 0. The number of nitrogens with one attached hydrogen (secondary N) is 1. The highest BCUT2D eigenvalue weighted by molar-refractivity contribution is 7.89. The van der Waals surface area contributed by atoms with Gasteiger partial charge in [0, 0.05) is 37.2 Å². The number of hydrogen-bond donors (Lipinski definition) is 1. The number of benzene rings is 1. The van der Waals surface area contributed by atoms with Crippen molar-refractivity contribution < 1.29 is 8.42 Å². The Morgan fingerprint density at radius 2 is 2.12 bits per heavy atom. The van der Waals surface area contributed by atoms with Gasteiger partial charge in [-0.15, -0.1) is 6.58 Å². The molecule has 3 aliphatic heterocycles. The third-order valence-electron chi connectivity index (χ3n) is 5.63. The lowest BCUT2D eigenvalue weighted by Crippen LogP contribution is -2.58. The molecule has 0 amide bonds. The molecule has 2 bridgehead atoms. The van der Waals surface area contributed by atoms with E-state index >= 15 is 0 Å². The van der Waals surface area contributed by atoms with Crippen molar-refractivity contribution in [3.05, 3.63) is 41.9 Å². The van der Waals surface area contributed by atoms with Gasteiger partial charge in [0.05, 0.1) is 4.90 Å². The number of fused-ring (bicyclic) bond motifs is 3. The standard InChI is InChI=1S/C19H28ClN3O2S/c1-3-9-22(2)13-16-14-23-10-8-15(16)11-18(23)12-21-26(24,25)19-6-4-17(20)5-7-19/h3-7,15-16,18,21H,1,8-14H2,2H3/t15-,16+,18+/m0/s1. The molecule has 0 saturated carbocycles. The largest absolute Gasteiger partial charge is 0.302 e. The van der Waals surface area contributed by atoms with Crippen molar-refractivity contribution in [3.8, 4) is 0 Å². The fraction of sp³-hybridized carbons (Fsp3) is 0.579. The van der Waals surface area contributed by atoms with E-state index in [-0.39, 0.29) is 10.9 Å². The smallest absolute Gasteiger partial charge is 0.240 e. The summed E-state index contributed by atoms with van der Waals surface area (Å²) >= 11 is 5.84. The normalized spacial score (nSPS) is 28.4. The van der Waals surface area contributed by atoms with Crippen LogP contribution in [-0.4, -0.2) is 64.0 Å². The summed E-state index contributed by atoms with van der Waals surface area (Å²) in [6.45, 7) is 8.39. The molecule has 4 rings (SSSR count). The minimum atomic E-state index is -3.49. The second-order valence-corrected chi connectivity index (χ2v) is 9.71. The third-order valence-corrected chi connectivity index (χ3v) is 7.33. The second-order valence-electron chi connectivity index (χ2n) is 7.51. The van der Waals surface area contributed by atoms with Gasteiger partial charge in [0.1, 0.15) is 0 Å². The number of hydrogen-bond acceptors (Lipinski definition) is 4. The van der Waals surface area contributed by atoms with Crippen molar-refractivity contribution in [1.29, 1.82) is 0 Å². The summed E-state index contributed by atoms with van der Waals surface area (Å²) in [4.78, 5) is 5.04. The Morgan fingerprint density at radius 3 is 2.73 bits per heavy atom. The zero-order valence-corrected chi connectivity index (χ0v) is 16.8. The summed E-state index contributed by atoms with van der Waals surface area (Å²) < 4.78 is 27.8. The zero-order chi connectivity index (χ0) is 18.7. The molecule has 0 spiro atoms. The van der Waals surface area contributed by atoms with Crippen LogP contribution in [0.1, 0.15) is 12.8 Å². The summed E-state index contributed by atoms with van der Waals surface area (Å²) in [5, 5.41) is 0.534. The molecule has 3 aliphatic rings. The third kappa shape index (κ3) is 4.67. The van der Waals surface area contributed by atoms with E-state index in [0.717, 1.165) is 32.6 Å². The molecular weight excluding hydrogens is 370 g/mol. The lowest BCUT2D eigenvalue weighted by atomic mass is 9.75. The van der Waals surface area contributed by atoms with E-state index in [1.165, 1.54) is 6.42 Å². The second kappa shape index (κ2) is 8.40. The van der Waals surface area contributed by atoms with Crippen LogP contribution in [-0.2, 0) is 10.0 Å². The van der Waals surface area contributed by atoms with E-state index in [2.05, 4.69) is 28.1 Å². The van der Waals surface area contributed by atoms with Gasteiger partial charge < -0.3 is 4.90 Å². The van der Waals surface area contributed by atoms with Gasteiger partial charge in [-0.1, -0.05) is 17.7 Å². The van der Waals surface area contributed by atoms with Gasteiger partial charge in [0.25, 0.3) is 0 Å². The van der Waals surface area contributed by atoms with Crippen molar-refractivity contribution in [3.63, 3.8) is 0 Å². The highest BCUT2D eigenvalue weighted by Gasteiger charge is 2.40. The van der Waals surface area contributed by atoms with Gasteiger partial charge in [-0.25, -0.2) is 13.1 Å². The van der Waals surface area contributed by atoms with Gasteiger partial charge in [-0.3, -0.25) is 4.90 Å². The highest BCUT2D eigenvalue weighted by Crippen LogP contribution is 2.36. The molecule has 144 valence electrons. The molecule has 5 nitrogen and oxygen atoms in total. The molecule has 1 aromatic carbocycles. The molecule has 26 heavy (non-hydrogen) atoms. The molecule has 0 aromatic heterocycles. The van der Waals surface area contributed by atoms with E-state index in [1.54, 1.807) is 24.3 Å². The van der Waals surface area contributed by atoms with Crippen LogP contribution in [0, 0.1) is 11.8 Å². The number of nitrogens with zero attached hydrogens (tertiary/aromatic N) is 2. The fourth-order valence-electron chi connectivity index (χ4n) is 4.27. The maximum atomic E-state index is 12.5. The Bertz CT molecular complexity index is 723. The van der Waals surface area contributed by atoms with Gasteiger partial charge >= 0.3 is 0 Å². The Morgan fingerprint density at radius 1 is 1.38 bits per heavy atom. The van der Waals surface area contributed by atoms with Crippen LogP contribution in [0.3, 0.4) is 0 Å². The van der Waals surface area contributed by atoms with Crippen LogP contribution >= 0.6 is 11.6 Å². The number of likely N-dealkylation sites (N-methyl/N-ethyl adjacent to an activating group) is 1. The molecule has 1 N–H and O–H groups in total. The average Bonchev–Trinajstić information content (AvgIpc) is 2.61. The maximum absolute atomic E-state index is 12.5. The first-order valence-corrected chi connectivity index (χ1v) is 11.0. The zero-order valence-electron chi connectivity index (χ0n) is 15.3. The lowest BCUT2D eigenvalue weighted by Gasteiger charge is -2.50. The molecule has 4 atom stereocenters. The number of rotatable bonds is 8. The summed E-state index contributed by atoms with van der Waals surface area (Å²) in [5.74, 6) is 1.34. The minimum absolute atomic E-state index is 0.266. The molecule has 1 aromatic rings. The van der Waals surface area contributed by atoms with Crippen LogP contribution in [0.5, 0.6) is 0 Å². The molecule has 3 fully saturated rings. The maximum Gasteiger partial charge on any atom is 0.240 e. The van der Waals surface area contributed by atoms with Crippen molar-refractivity contribution in [2.45, 2.75) is 23.8 Å². The van der Waals surface area contributed by atoms with Gasteiger partial charge in [0.2, 0.25) is 10.0 Å². The predicted molar refractivity (Wildman–Crippen MR) is 106 cm³/mol. The summed E-state index contributed by atoms with van der Waals surface area (Å²) in [6, 6.07) is 6.59. The lowest BCUT2D eigenvalue weighted by molar-refractivity contribution is -0.00640. The van der Waals surface area contributed by atoms with Gasteiger partial charge in [0.15, 0.2) is 0 Å². The van der Waals surface area contributed by atoms with E-state index in [1.807, 2.05) is 6.08 Å². The fourth-order valence-corrected chi connectivity index (χ4v) is 5.47. The van der Waals surface area contributed by atoms with Crippen LogP contribution in [0.25, 0.3) is 0 Å². The number of piperidine rings is 3. The van der Waals surface area contributed by atoms with Gasteiger partial charge in [-0.05, 0) is 62.5 Å². The van der Waals surface area contributed by atoms with Crippen molar-refractivity contribution in [2.75, 3.05) is 39.8 Å². The monoisotopic (exact) mass is 397 g/mol. The van der Waals surface area contributed by atoms with Crippen LogP contribution in [0.15, 0.2) is 41.8 Å². The molecule has 0 radical (unpaired) electrons. The van der Waals surface area contributed by atoms with Crippen molar-refractivity contribution in [1.82, 2.24) is 14.5 Å². The van der Waals surface area contributed by atoms with Crippen LogP contribution < -0.4 is 4.72 Å². The molecule has 1 unspecified atom stereocenters. The van der Waals surface area contributed by atoms with E-state index in [9.17, 15) is 8.42 Å². The highest BCUT2D eigenvalue weighted by atomic mass is 35.5. The Labute approximate surface area is 162 Å². The van der Waals surface area contributed by atoms with Crippen LogP contribution in [0.2, 0.25) is 5.02 Å². The Balaban J connectivity index is 1.56. The first kappa shape index (κ1) is 19.8. The number of sulfonamides is 1. The van der Waals surface area contributed by atoms with Crippen molar-refractivity contribution >= 4 is 21.6 Å². The average molecular weight is 398 g/mol. The van der Waals surface area contributed by atoms with E-state index in [4.69, 9.17) is 11.6 Å². The molecule has 3 saturated heterocycles. The SMILES string of the molecule is C=CCN(C)C[C@@H]1CN2CC[C@H]1C[C@@H]2CNS(=O)(=O)c1ccc(Cl)cc1. The van der Waals surface area contributed by atoms with E-state index < -0.39 is 10.0 Å². The molecule has 7 heteroatoms. The van der Waals surface area contributed by atoms with Crippen molar-refractivity contribution in [2.24, 2.45) is 11.8 Å². The van der Waals surface area contributed by atoms with E-state index in [0.29, 0.717) is 23.4 Å². The quantitative estimate of drug-likeness (QED) is 0.684. The molecular formula is C19H28ClN3O2S. The molecule has 3 heterocycles.